The summed E-state index contributed by atoms with van der Waals surface area (Å²) < 4.78 is 12.6. The molecule has 30 heavy (non-hydrogen) atoms. The highest BCUT2D eigenvalue weighted by atomic mass is 32.2. The van der Waals surface area contributed by atoms with Gasteiger partial charge in [-0.3, -0.25) is 30.1 Å². The molecule has 0 unspecified atom stereocenters. The fraction of sp³-hybridized carbons (Fsp3) is 0.500. The quantitative estimate of drug-likeness (QED) is 0.262. The van der Waals surface area contributed by atoms with Crippen molar-refractivity contribution in [2.24, 2.45) is 16.0 Å². The highest BCUT2D eigenvalue weighted by molar-refractivity contribution is 7.91. The Balaban J connectivity index is 1.56. The van der Waals surface area contributed by atoms with Crippen molar-refractivity contribution in [3.8, 4) is 0 Å². The number of nitrogens with zero attached hydrogens (tertiary/aromatic N) is 4. The summed E-state index contributed by atoms with van der Waals surface area (Å²) >= 11 is -0.817. The summed E-state index contributed by atoms with van der Waals surface area (Å²) in [6.07, 6.45) is 1.80. The van der Waals surface area contributed by atoms with Crippen LogP contribution in [0.4, 0.5) is 0 Å². The minimum Gasteiger partial charge on any atom is -0.616 e. The first-order chi connectivity index (χ1) is 14.5. The van der Waals surface area contributed by atoms with Gasteiger partial charge in [0, 0.05) is 25.7 Å². The maximum absolute atomic E-state index is 12.5. The van der Waals surface area contributed by atoms with E-state index in [2.05, 4.69) is 33.0 Å². The van der Waals surface area contributed by atoms with E-state index in [0.29, 0.717) is 30.1 Å². The maximum atomic E-state index is 12.5. The summed E-state index contributed by atoms with van der Waals surface area (Å²) in [5, 5.41) is 6.53. The number of hydrogen-bond acceptors (Lipinski definition) is 7. The van der Waals surface area contributed by atoms with E-state index in [1.54, 1.807) is 12.1 Å². The molecule has 0 radical (unpaired) electrons. The number of carbonyl (C=O) groups is 3. The van der Waals surface area contributed by atoms with Crippen LogP contribution >= 0.6 is 0 Å². The first kappa shape index (κ1) is 22.0. The summed E-state index contributed by atoms with van der Waals surface area (Å²) in [4.78, 5) is 42.4. The van der Waals surface area contributed by atoms with Crippen molar-refractivity contribution in [1.29, 1.82) is 0 Å². The molecule has 3 N–H and O–H groups in total. The molecule has 2 heterocycles. The van der Waals surface area contributed by atoms with Gasteiger partial charge in [-0.25, -0.2) is 9.67 Å². The van der Waals surface area contributed by atoms with E-state index in [4.69, 9.17) is 0 Å². The molecule has 2 fully saturated rings. The highest BCUT2D eigenvalue weighted by Gasteiger charge is 2.29. The van der Waals surface area contributed by atoms with E-state index in [0.717, 1.165) is 12.8 Å². The van der Waals surface area contributed by atoms with Gasteiger partial charge < -0.3 is 9.87 Å². The zero-order chi connectivity index (χ0) is 21.5. The van der Waals surface area contributed by atoms with E-state index >= 15 is 0 Å². The number of pyridine rings is 1. The molecule has 11 nitrogen and oxygen atoms in total. The van der Waals surface area contributed by atoms with Crippen LogP contribution in [0.5, 0.6) is 0 Å². The molecular formula is C18H25N7O4S. The molecule has 1 saturated heterocycles. The van der Waals surface area contributed by atoms with Crippen LogP contribution < -0.4 is 21.7 Å². The molecule has 1 aromatic rings. The Hall–Kier alpha value is -2.70. The third kappa shape index (κ3) is 6.15. The Morgan fingerprint density at radius 2 is 1.93 bits per heavy atom. The minimum atomic E-state index is -0.817. The van der Waals surface area contributed by atoms with Crippen molar-refractivity contribution in [3.63, 3.8) is 0 Å². The fourth-order valence-electron chi connectivity index (χ4n) is 2.89. The predicted molar refractivity (Wildman–Crippen MR) is 111 cm³/mol. The monoisotopic (exact) mass is 435 g/mol. The van der Waals surface area contributed by atoms with Gasteiger partial charge in [0.1, 0.15) is 23.9 Å². The van der Waals surface area contributed by atoms with Crippen molar-refractivity contribution in [3.05, 3.63) is 29.4 Å². The van der Waals surface area contributed by atoms with Crippen molar-refractivity contribution < 1.29 is 18.9 Å². The lowest BCUT2D eigenvalue weighted by molar-refractivity contribution is -0.123. The second-order valence-electron chi connectivity index (χ2n) is 6.98. The van der Waals surface area contributed by atoms with Crippen LogP contribution in [0.2, 0.25) is 0 Å². The smallest absolute Gasteiger partial charge is 0.288 e. The van der Waals surface area contributed by atoms with E-state index in [1.807, 2.05) is 4.90 Å². The van der Waals surface area contributed by atoms with Crippen LogP contribution in [-0.2, 0) is 20.8 Å². The molecule has 0 spiro atoms. The highest BCUT2D eigenvalue weighted by Crippen LogP contribution is 2.28. The summed E-state index contributed by atoms with van der Waals surface area (Å²) in [5.41, 5.74) is 5.17. The number of rotatable bonds is 7. The Labute approximate surface area is 176 Å². The number of carbonyl (C=O) groups excluding carboxylic acids is 3. The summed E-state index contributed by atoms with van der Waals surface area (Å²) in [6.45, 7) is 4.79. The fourth-order valence-corrected chi connectivity index (χ4v) is 4.01. The van der Waals surface area contributed by atoms with Crippen LogP contribution in [-0.4, -0.2) is 76.4 Å². The van der Waals surface area contributed by atoms with Crippen molar-refractivity contribution in [2.75, 3.05) is 37.8 Å². The van der Waals surface area contributed by atoms with Gasteiger partial charge in [-0.15, -0.1) is 0 Å². The van der Waals surface area contributed by atoms with Crippen molar-refractivity contribution >= 4 is 35.6 Å². The number of amides is 3. The second-order valence-corrected chi connectivity index (χ2v) is 8.68. The van der Waals surface area contributed by atoms with E-state index in [1.165, 1.54) is 10.7 Å². The van der Waals surface area contributed by atoms with Crippen LogP contribution in [0.25, 0.3) is 0 Å². The third-order valence-electron chi connectivity index (χ3n) is 4.71. The zero-order valence-corrected chi connectivity index (χ0v) is 17.3. The maximum Gasteiger partial charge on any atom is 0.288 e. The van der Waals surface area contributed by atoms with Gasteiger partial charge in [-0.1, -0.05) is 17.2 Å². The molecule has 1 saturated carbocycles. The normalized spacial score (nSPS) is 18.0. The molecule has 1 aromatic heterocycles. The Morgan fingerprint density at radius 1 is 1.20 bits per heavy atom. The number of hydrazine groups is 1. The van der Waals surface area contributed by atoms with E-state index in [9.17, 15) is 18.9 Å². The average molecular weight is 436 g/mol. The lowest BCUT2D eigenvalue weighted by Crippen LogP contribution is -2.50. The molecule has 2 aliphatic rings. The van der Waals surface area contributed by atoms with E-state index in [-0.39, 0.29) is 36.6 Å². The molecule has 3 amide bonds. The Bertz CT molecular complexity index is 876. The average Bonchev–Trinajstić information content (AvgIpc) is 3.59. The van der Waals surface area contributed by atoms with Gasteiger partial charge in [0.15, 0.2) is 5.49 Å². The van der Waals surface area contributed by atoms with E-state index < -0.39 is 17.1 Å². The van der Waals surface area contributed by atoms with Gasteiger partial charge in [0.2, 0.25) is 5.91 Å². The zero-order valence-electron chi connectivity index (χ0n) is 16.5. The molecule has 0 aromatic carbocycles. The second kappa shape index (κ2) is 10.4. The van der Waals surface area contributed by atoms with Gasteiger partial charge in [0.05, 0.1) is 6.54 Å². The third-order valence-corrected chi connectivity index (χ3v) is 5.99. The van der Waals surface area contributed by atoms with Crippen LogP contribution in [0, 0.1) is 5.92 Å². The Morgan fingerprint density at radius 3 is 2.60 bits per heavy atom. The number of nitrogens with one attached hydrogen (secondary N) is 3. The van der Waals surface area contributed by atoms with Gasteiger partial charge in [-0.2, -0.15) is 5.10 Å². The molecule has 1 aliphatic carbocycles. The largest absolute Gasteiger partial charge is 0.616 e. The van der Waals surface area contributed by atoms with Crippen LogP contribution in [0.15, 0.2) is 28.3 Å². The lowest BCUT2D eigenvalue weighted by atomic mass is 10.3. The van der Waals surface area contributed by atoms with Crippen molar-refractivity contribution in [2.45, 2.75) is 12.8 Å². The molecule has 0 atom stereocenters. The van der Waals surface area contributed by atoms with Crippen LogP contribution in [0.1, 0.15) is 23.3 Å². The van der Waals surface area contributed by atoms with Gasteiger partial charge in [-0.05, 0) is 25.0 Å². The first-order valence-electron chi connectivity index (χ1n) is 9.61. The van der Waals surface area contributed by atoms with Gasteiger partial charge in [0.25, 0.3) is 11.8 Å². The Kier molecular flexibility index (Phi) is 7.60. The molecule has 3 rings (SSSR count). The van der Waals surface area contributed by atoms with Gasteiger partial charge >= 0.3 is 0 Å². The lowest BCUT2D eigenvalue weighted by Gasteiger charge is -2.27. The minimum absolute atomic E-state index is 0.0339. The molecule has 162 valence electrons. The molecule has 12 heteroatoms. The first-order valence-corrected chi connectivity index (χ1v) is 11.1. The molecule has 1 aliphatic heterocycles. The molecule has 0 bridgehead atoms. The summed E-state index contributed by atoms with van der Waals surface area (Å²) in [6, 6.07) is 4.76. The topological polar surface area (TPSA) is 143 Å². The number of hydrogen-bond donors (Lipinski definition) is 3. The molecular weight excluding hydrogens is 410 g/mol. The summed E-state index contributed by atoms with van der Waals surface area (Å²) in [5.74, 6) is 0.169. The SMILES string of the molecule is C=Nn1c(C(=O)NNC(=O)CN2CC[S+]([O-])CC2)ccc/c1=N/CNC(=O)C1CC1. The van der Waals surface area contributed by atoms with Crippen molar-refractivity contribution in [1.82, 2.24) is 25.7 Å². The predicted octanol–water partition coefficient (Wildman–Crippen LogP) is -1.84. The number of aromatic nitrogens is 1. The summed E-state index contributed by atoms with van der Waals surface area (Å²) in [7, 11) is 0. The standard InChI is InChI=1S/C18H25N7O4S/c1-19-25-14(3-2-4-15(25)20-12-21-17(27)13-5-6-13)18(28)23-22-16(26)11-24-7-9-30(29)10-8-24/h2-4,13H,1,5-12H2,(H,21,27)(H,22,26)(H,23,28)/b20-15-. The van der Waals surface area contributed by atoms with Crippen LogP contribution in [0.3, 0.4) is 0 Å².